The third-order valence-corrected chi connectivity index (χ3v) is 3.96. The smallest absolute Gasteiger partial charge is 0.223 e. The van der Waals surface area contributed by atoms with Crippen molar-refractivity contribution < 1.29 is 9.53 Å². The lowest BCUT2D eigenvalue weighted by atomic mass is 9.92. The molecule has 2 atom stereocenters. The highest BCUT2D eigenvalue weighted by molar-refractivity contribution is 5.78. The van der Waals surface area contributed by atoms with Crippen LogP contribution in [-0.4, -0.2) is 31.6 Å². The first-order chi connectivity index (χ1) is 10.2. The number of para-hydroxylation sites is 1. The summed E-state index contributed by atoms with van der Waals surface area (Å²) in [6, 6.07) is 8.46. The Balaban J connectivity index is 1.80. The van der Waals surface area contributed by atoms with Gasteiger partial charge in [0, 0.05) is 18.5 Å². The third-order valence-electron chi connectivity index (χ3n) is 3.96. The van der Waals surface area contributed by atoms with E-state index in [-0.39, 0.29) is 11.8 Å². The number of hydrogen-bond donors (Lipinski definition) is 2. The van der Waals surface area contributed by atoms with Crippen LogP contribution in [0.3, 0.4) is 0 Å². The van der Waals surface area contributed by atoms with E-state index >= 15 is 0 Å². The fraction of sp³-hybridized carbons (Fsp3) is 0.588. The van der Waals surface area contributed by atoms with Gasteiger partial charge in [-0.3, -0.25) is 4.79 Å². The lowest BCUT2D eigenvalue weighted by molar-refractivity contribution is -0.126. The summed E-state index contributed by atoms with van der Waals surface area (Å²) in [7, 11) is 0. The molecule has 4 nitrogen and oxygen atoms in total. The maximum atomic E-state index is 12.2. The quantitative estimate of drug-likeness (QED) is 0.844. The number of rotatable bonds is 6. The highest BCUT2D eigenvalue weighted by Crippen LogP contribution is 2.19. The molecule has 1 aromatic rings. The Hall–Kier alpha value is -1.55. The lowest BCUT2D eigenvalue weighted by Gasteiger charge is -2.27. The van der Waals surface area contributed by atoms with E-state index in [2.05, 4.69) is 23.6 Å². The van der Waals surface area contributed by atoms with Crippen molar-refractivity contribution in [1.29, 1.82) is 0 Å². The number of piperidine rings is 1. The topological polar surface area (TPSA) is 50.4 Å². The molecule has 1 aliphatic rings. The zero-order chi connectivity index (χ0) is 15.1. The minimum atomic E-state index is 0.156. The van der Waals surface area contributed by atoms with Gasteiger partial charge in [0.25, 0.3) is 0 Å². The summed E-state index contributed by atoms with van der Waals surface area (Å²) in [5.41, 5.74) is 1.15. The van der Waals surface area contributed by atoms with E-state index in [1.54, 1.807) is 0 Å². The van der Waals surface area contributed by atoms with E-state index in [4.69, 9.17) is 4.74 Å². The molecule has 1 amide bonds. The van der Waals surface area contributed by atoms with E-state index < -0.39 is 0 Å². The second-order valence-corrected chi connectivity index (χ2v) is 5.66. The zero-order valence-electron chi connectivity index (χ0n) is 13.0. The maximum absolute atomic E-state index is 12.2. The predicted molar refractivity (Wildman–Crippen MR) is 84.5 cm³/mol. The Bertz CT molecular complexity index is 462. The van der Waals surface area contributed by atoms with E-state index in [1.165, 1.54) is 0 Å². The Morgan fingerprint density at radius 2 is 2.24 bits per heavy atom. The Morgan fingerprint density at radius 1 is 1.43 bits per heavy atom. The lowest BCUT2D eigenvalue weighted by Crippen LogP contribution is -2.42. The zero-order valence-corrected chi connectivity index (χ0v) is 13.0. The SMILES string of the molecule is CCOc1ccccc1CCNC(=O)[C@H]1CCN[C@@H](C)C1. The molecule has 1 heterocycles. The molecule has 21 heavy (non-hydrogen) atoms. The third kappa shape index (κ3) is 4.74. The van der Waals surface area contributed by atoms with Gasteiger partial charge in [0.2, 0.25) is 5.91 Å². The number of benzene rings is 1. The van der Waals surface area contributed by atoms with Crippen LogP contribution in [0, 0.1) is 5.92 Å². The largest absolute Gasteiger partial charge is 0.494 e. The first kappa shape index (κ1) is 15.8. The second kappa shape index (κ2) is 8.03. The number of amides is 1. The van der Waals surface area contributed by atoms with Crippen molar-refractivity contribution in [1.82, 2.24) is 10.6 Å². The summed E-state index contributed by atoms with van der Waals surface area (Å²) in [5.74, 6) is 1.27. The molecule has 1 saturated heterocycles. The van der Waals surface area contributed by atoms with Gasteiger partial charge in [-0.25, -0.2) is 0 Å². The van der Waals surface area contributed by atoms with Gasteiger partial charge in [-0.1, -0.05) is 18.2 Å². The van der Waals surface area contributed by atoms with E-state index in [9.17, 15) is 4.79 Å². The van der Waals surface area contributed by atoms with Crippen LogP contribution in [0.2, 0.25) is 0 Å². The van der Waals surface area contributed by atoms with Crippen LogP contribution in [0.25, 0.3) is 0 Å². The molecular weight excluding hydrogens is 264 g/mol. The molecule has 1 aromatic carbocycles. The van der Waals surface area contributed by atoms with Gasteiger partial charge in [-0.2, -0.15) is 0 Å². The minimum Gasteiger partial charge on any atom is -0.494 e. The molecule has 2 N–H and O–H groups in total. The van der Waals surface area contributed by atoms with Crippen LogP contribution in [0.1, 0.15) is 32.3 Å². The van der Waals surface area contributed by atoms with Crippen molar-refractivity contribution in [3.05, 3.63) is 29.8 Å². The molecule has 0 radical (unpaired) electrons. The summed E-state index contributed by atoms with van der Waals surface area (Å²) in [6.07, 6.45) is 2.68. The normalized spacial score (nSPS) is 21.8. The molecule has 116 valence electrons. The van der Waals surface area contributed by atoms with Gasteiger partial charge in [0.15, 0.2) is 0 Å². The Kier molecular flexibility index (Phi) is 6.05. The average molecular weight is 290 g/mol. The highest BCUT2D eigenvalue weighted by Gasteiger charge is 2.24. The average Bonchev–Trinajstić information content (AvgIpc) is 2.49. The number of hydrogen-bond acceptors (Lipinski definition) is 3. The highest BCUT2D eigenvalue weighted by atomic mass is 16.5. The predicted octanol–water partition coefficient (Wildman–Crippen LogP) is 2.13. The first-order valence-corrected chi connectivity index (χ1v) is 7.92. The summed E-state index contributed by atoms with van der Waals surface area (Å²) in [4.78, 5) is 12.2. The van der Waals surface area contributed by atoms with E-state index in [0.29, 0.717) is 19.2 Å². The van der Waals surface area contributed by atoms with Crippen molar-refractivity contribution in [3.8, 4) is 5.75 Å². The van der Waals surface area contributed by atoms with Gasteiger partial charge >= 0.3 is 0 Å². The second-order valence-electron chi connectivity index (χ2n) is 5.66. The molecule has 1 aliphatic heterocycles. The van der Waals surface area contributed by atoms with Crippen LogP contribution in [-0.2, 0) is 11.2 Å². The van der Waals surface area contributed by atoms with E-state index in [1.807, 2.05) is 25.1 Å². The van der Waals surface area contributed by atoms with Crippen LogP contribution in [0.15, 0.2) is 24.3 Å². The van der Waals surface area contributed by atoms with Crippen LogP contribution in [0.4, 0.5) is 0 Å². The molecule has 1 fully saturated rings. The van der Waals surface area contributed by atoms with Crippen molar-refractivity contribution in [2.24, 2.45) is 5.92 Å². The van der Waals surface area contributed by atoms with Crippen LogP contribution >= 0.6 is 0 Å². The number of ether oxygens (including phenoxy) is 1. The number of carbonyl (C=O) groups is 1. The minimum absolute atomic E-state index is 0.156. The summed E-state index contributed by atoms with van der Waals surface area (Å²) < 4.78 is 5.60. The molecule has 0 spiro atoms. The number of nitrogens with one attached hydrogen (secondary N) is 2. The molecule has 0 bridgehead atoms. The first-order valence-electron chi connectivity index (χ1n) is 7.92. The number of carbonyl (C=O) groups excluding carboxylic acids is 1. The van der Waals surface area contributed by atoms with Crippen molar-refractivity contribution >= 4 is 5.91 Å². The molecule has 0 aromatic heterocycles. The fourth-order valence-corrected chi connectivity index (χ4v) is 2.84. The molecular formula is C17H26N2O2. The molecule has 4 heteroatoms. The van der Waals surface area contributed by atoms with Crippen molar-refractivity contribution in [2.75, 3.05) is 19.7 Å². The Labute approximate surface area is 127 Å². The van der Waals surface area contributed by atoms with Gasteiger partial charge in [0.05, 0.1) is 6.61 Å². The van der Waals surface area contributed by atoms with Crippen LogP contribution in [0.5, 0.6) is 5.75 Å². The molecule has 0 aliphatic carbocycles. The van der Waals surface area contributed by atoms with Gasteiger partial charge in [-0.15, -0.1) is 0 Å². The molecule has 2 rings (SSSR count). The van der Waals surface area contributed by atoms with Crippen molar-refractivity contribution in [2.45, 2.75) is 39.2 Å². The molecule has 0 unspecified atom stereocenters. The van der Waals surface area contributed by atoms with Crippen LogP contribution < -0.4 is 15.4 Å². The van der Waals surface area contributed by atoms with Crippen molar-refractivity contribution in [3.63, 3.8) is 0 Å². The van der Waals surface area contributed by atoms with Gasteiger partial charge < -0.3 is 15.4 Å². The summed E-state index contributed by atoms with van der Waals surface area (Å²) in [6.45, 7) is 6.39. The molecule has 0 saturated carbocycles. The monoisotopic (exact) mass is 290 g/mol. The van der Waals surface area contributed by atoms with E-state index in [0.717, 1.165) is 37.1 Å². The van der Waals surface area contributed by atoms with Gasteiger partial charge in [0.1, 0.15) is 5.75 Å². The maximum Gasteiger partial charge on any atom is 0.223 e. The van der Waals surface area contributed by atoms with Gasteiger partial charge in [-0.05, 0) is 51.3 Å². The fourth-order valence-electron chi connectivity index (χ4n) is 2.84. The summed E-state index contributed by atoms with van der Waals surface area (Å²) in [5, 5.41) is 6.44. The summed E-state index contributed by atoms with van der Waals surface area (Å²) >= 11 is 0. The standard InChI is InChI=1S/C17H26N2O2/c1-3-21-16-7-5-4-6-14(16)8-11-19-17(20)15-9-10-18-13(2)12-15/h4-7,13,15,18H,3,8-12H2,1-2H3,(H,19,20)/t13-,15-/m0/s1. The Morgan fingerprint density at radius 3 is 3.00 bits per heavy atom.